The second kappa shape index (κ2) is 10.8. The van der Waals surface area contributed by atoms with Crippen molar-refractivity contribution in [2.45, 2.75) is 38.3 Å². The first-order valence-electron chi connectivity index (χ1n) is 13.8. The number of hydrazine groups is 1. The second-order valence-electron chi connectivity index (χ2n) is 9.99. The molecule has 0 saturated carbocycles. The van der Waals surface area contributed by atoms with Crippen LogP contribution in [0, 0.1) is 11.3 Å². The lowest BCUT2D eigenvalue weighted by Crippen LogP contribution is -2.52. The number of nitrogens with one attached hydrogen (secondary N) is 1. The van der Waals surface area contributed by atoms with Crippen LogP contribution in [0.1, 0.15) is 58.2 Å². The summed E-state index contributed by atoms with van der Waals surface area (Å²) in [5, 5.41) is 16.3. The standard InChI is InChI=1S/C33H31N5O2/c1-2-40-32(39)30-27-19-20-29-28(31(27)37(36-30)22-12-21-34)23-38(35-29)33(24-13-6-3-7-14-24,25-15-8-4-9-16-25)26-17-10-5-11-18-26/h3-11,13-18,35H,2,12,19-20,22-23H2,1H3. The zero-order valence-corrected chi connectivity index (χ0v) is 22.5. The summed E-state index contributed by atoms with van der Waals surface area (Å²) in [6.07, 6.45) is 1.73. The number of esters is 1. The Morgan fingerprint density at radius 2 is 1.52 bits per heavy atom. The molecule has 7 heteroatoms. The van der Waals surface area contributed by atoms with E-state index in [9.17, 15) is 10.1 Å². The van der Waals surface area contributed by atoms with Crippen LogP contribution in [-0.4, -0.2) is 33.9 Å². The molecular weight excluding hydrogens is 498 g/mol. The fourth-order valence-electron chi connectivity index (χ4n) is 6.16. The van der Waals surface area contributed by atoms with Gasteiger partial charge in [-0.15, -0.1) is 0 Å². The highest BCUT2D eigenvalue weighted by molar-refractivity contribution is 5.91. The average Bonchev–Trinajstić information content (AvgIpc) is 3.60. The fraction of sp³-hybridized carbons (Fsp3) is 0.242. The predicted octanol–water partition coefficient (Wildman–Crippen LogP) is 5.44. The summed E-state index contributed by atoms with van der Waals surface area (Å²) >= 11 is 0. The Kier molecular flexibility index (Phi) is 6.93. The van der Waals surface area contributed by atoms with Gasteiger partial charge in [-0.2, -0.15) is 15.4 Å². The van der Waals surface area contributed by atoms with Crippen molar-refractivity contribution >= 4 is 11.5 Å². The summed E-state index contributed by atoms with van der Waals surface area (Å²) in [5.74, 6) is -0.409. The predicted molar refractivity (Wildman–Crippen MR) is 153 cm³/mol. The topological polar surface area (TPSA) is 83.2 Å². The molecule has 1 aromatic heterocycles. The molecule has 3 aromatic carbocycles. The van der Waals surface area contributed by atoms with Gasteiger partial charge in [0.1, 0.15) is 5.54 Å². The van der Waals surface area contributed by atoms with Gasteiger partial charge in [-0.05, 0) is 36.5 Å². The highest BCUT2D eigenvalue weighted by Crippen LogP contribution is 2.46. The number of benzene rings is 3. The number of carbonyl (C=O) groups excluding carboxylic acids is 1. The molecule has 2 aliphatic rings. The lowest BCUT2D eigenvalue weighted by Gasteiger charge is -2.43. The molecule has 1 aliphatic carbocycles. The Labute approximate surface area is 234 Å². The number of rotatable bonds is 8. The summed E-state index contributed by atoms with van der Waals surface area (Å²) in [4.78, 5) is 12.9. The highest BCUT2D eigenvalue weighted by atomic mass is 16.5. The molecule has 2 heterocycles. The summed E-state index contributed by atoms with van der Waals surface area (Å²) in [6, 6.07) is 33.9. The summed E-state index contributed by atoms with van der Waals surface area (Å²) in [5.41, 5.74) is 11.0. The van der Waals surface area contributed by atoms with Crippen LogP contribution in [0.2, 0.25) is 0 Å². The fourth-order valence-corrected chi connectivity index (χ4v) is 6.16. The minimum Gasteiger partial charge on any atom is -0.461 e. The van der Waals surface area contributed by atoms with Gasteiger partial charge in [0, 0.05) is 23.4 Å². The molecule has 0 unspecified atom stereocenters. The highest BCUT2D eigenvalue weighted by Gasteiger charge is 2.47. The van der Waals surface area contributed by atoms with Crippen LogP contribution < -0.4 is 5.43 Å². The van der Waals surface area contributed by atoms with Crippen molar-refractivity contribution in [3.8, 4) is 6.07 Å². The molecule has 0 fully saturated rings. The third kappa shape index (κ3) is 4.18. The lowest BCUT2D eigenvalue weighted by molar-refractivity contribution is 0.0517. The van der Waals surface area contributed by atoms with Gasteiger partial charge >= 0.3 is 5.97 Å². The van der Waals surface area contributed by atoms with Crippen LogP contribution in [0.25, 0.3) is 5.57 Å². The minimum atomic E-state index is -0.636. The first-order valence-corrected chi connectivity index (χ1v) is 13.8. The lowest BCUT2D eigenvalue weighted by atomic mass is 9.76. The molecule has 0 amide bonds. The number of hydrogen-bond acceptors (Lipinski definition) is 6. The van der Waals surface area contributed by atoms with E-state index in [4.69, 9.17) is 4.74 Å². The van der Waals surface area contributed by atoms with Crippen molar-refractivity contribution in [2.75, 3.05) is 13.2 Å². The third-order valence-corrected chi connectivity index (χ3v) is 7.80. The number of nitriles is 1. The first-order chi connectivity index (χ1) is 19.7. The van der Waals surface area contributed by atoms with E-state index in [1.165, 1.54) is 0 Å². The SMILES string of the molecule is CCOC(=O)c1nn(CCC#N)c2c1CCC1=C2CN(C(c2ccccc2)(c2ccccc2)c2ccccc2)N1. The summed E-state index contributed by atoms with van der Waals surface area (Å²) in [7, 11) is 0. The number of nitrogens with zero attached hydrogens (tertiary/aromatic N) is 4. The van der Waals surface area contributed by atoms with Gasteiger partial charge in [0.2, 0.25) is 0 Å². The molecule has 0 atom stereocenters. The van der Waals surface area contributed by atoms with Crippen LogP contribution in [0.3, 0.4) is 0 Å². The maximum atomic E-state index is 12.9. The zero-order chi connectivity index (χ0) is 27.5. The number of aryl methyl sites for hydroxylation is 1. The molecule has 7 nitrogen and oxygen atoms in total. The van der Waals surface area contributed by atoms with Crippen LogP contribution in [0.4, 0.5) is 0 Å². The van der Waals surface area contributed by atoms with E-state index in [2.05, 4.69) is 94.4 Å². The maximum Gasteiger partial charge on any atom is 0.359 e. The van der Waals surface area contributed by atoms with Gasteiger partial charge < -0.3 is 10.2 Å². The number of hydrogen-bond donors (Lipinski definition) is 1. The zero-order valence-electron chi connectivity index (χ0n) is 22.5. The van der Waals surface area contributed by atoms with Crippen molar-refractivity contribution in [2.24, 2.45) is 0 Å². The molecule has 0 bridgehead atoms. The van der Waals surface area contributed by atoms with Gasteiger partial charge in [0.15, 0.2) is 5.69 Å². The number of allylic oxidation sites excluding steroid dienone is 1. The van der Waals surface area contributed by atoms with E-state index in [0.29, 0.717) is 31.6 Å². The Morgan fingerprint density at radius 3 is 2.05 bits per heavy atom. The van der Waals surface area contributed by atoms with Gasteiger partial charge in [-0.25, -0.2) is 4.79 Å². The van der Waals surface area contributed by atoms with Crippen LogP contribution in [0.15, 0.2) is 96.7 Å². The Hall–Kier alpha value is -4.67. The number of carbonyl (C=O) groups is 1. The molecule has 1 N–H and O–H groups in total. The van der Waals surface area contributed by atoms with Crippen molar-refractivity contribution < 1.29 is 9.53 Å². The number of fused-ring (bicyclic) bond motifs is 2. The monoisotopic (exact) mass is 529 g/mol. The average molecular weight is 530 g/mol. The van der Waals surface area contributed by atoms with Gasteiger partial charge in [0.05, 0.1) is 31.3 Å². The quantitative estimate of drug-likeness (QED) is 0.242. The van der Waals surface area contributed by atoms with Gasteiger partial charge in [-0.1, -0.05) is 91.0 Å². The Morgan fingerprint density at radius 1 is 0.950 bits per heavy atom. The van der Waals surface area contributed by atoms with E-state index < -0.39 is 11.5 Å². The smallest absolute Gasteiger partial charge is 0.359 e. The van der Waals surface area contributed by atoms with Gasteiger partial charge in [0.25, 0.3) is 0 Å². The van der Waals surface area contributed by atoms with Crippen LogP contribution in [-0.2, 0) is 23.2 Å². The molecule has 4 aromatic rings. The minimum absolute atomic E-state index is 0.287. The summed E-state index contributed by atoms with van der Waals surface area (Å²) in [6.45, 7) is 3.08. The van der Waals surface area contributed by atoms with Gasteiger partial charge in [-0.3, -0.25) is 4.68 Å². The van der Waals surface area contributed by atoms with Crippen LogP contribution in [0.5, 0.6) is 0 Å². The number of aromatic nitrogens is 2. The molecule has 0 spiro atoms. The van der Waals surface area contributed by atoms with Crippen molar-refractivity contribution in [3.63, 3.8) is 0 Å². The van der Waals surface area contributed by atoms with E-state index in [1.807, 2.05) is 22.9 Å². The Bertz CT molecular complexity index is 1490. The molecule has 0 radical (unpaired) electrons. The van der Waals surface area contributed by atoms with E-state index in [0.717, 1.165) is 45.6 Å². The second-order valence-corrected chi connectivity index (χ2v) is 9.99. The van der Waals surface area contributed by atoms with E-state index >= 15 is 0 Å². The van der Waals surface area contributed by atoms with E-state index in [-0.39, 0.29) is 6.61 Å². The maximum absolute atomic E-state index is 12.9. The third-order valence-electron chi connectivity index (χ3n) is 7.80. The molecule has 0 saturated heterocycles. The molecule has 200 valence electrons. The normalized spacial score (nSPS) is 14.7. The molecule has 1 aliphatic heterocycles. The molecule has 40 heavy (non-hydrogen) atoms. The van der Waals surface area contributed by atoms with Crippen molar-refractivity contribution in [1.29, 1.82) is 5.26 Å². The first kappa shape index (κ1) is 25.6. The largest absolute Gasteiger partial charge is 0.461 e. The van der Waals surface area contributed by atoms with Crippen LogP contribution >= 0.6 is 0 Å². The molecular formula is C33H31N5O2. The Balaban J connectivity index is 1.51. The molecule has 6 rings (SSSR count). The number of ether oxygens (including phenoxy) is 1. The van der Waals surface area contributed by atoms with E-state index in [1.54, 1.807) is 6.92 Å². The van der Waals surface area contributed by atoms with Crippen molar-refractivity contribution in [1.82, 2.24) is 20.2 Å². The summed E-state index contributed by atoms with van der Waals surface area (Å²) < 4.78 is 7.18. The van der Waals surface area contributed by atoms with Crippen molar-refractivity contribution in [3.05, 3.63) is 130 Å².